The zero-order valence-electron chi connectivity index (χ0n) is 14.4. The lowest BCUT2D eigenvalue weighted by Crippen LogP contribution is -2.41. The third-order valence-electron chi connectivity index (χ3n) is 4.13. The van der Waals surface area contributed by atoms with Gasteiger partial charge < -0.3 is 16.0 Å². The molecule has 1 aliphatic carbocycles. The maximum Gasteiger partial charge on any atom is 0.220 e. The number of carbonyl (C=O) groups excluding carboxylic acids is 1. The Morgan fingerprint density at radius 1 is 1.29 bits per heavy atom. The summed E-state index contributed by atoms with van der Waals surface area (Å²) >= 11 is 0. The van der Waals surface area contributed by atoms with E-state index in [1.807, 2.05) is 7.05 Å². The van der Waals surface area contributed by atoms with Gasteiger partial charge in [-0.05, 0) is 18.8 Å². The summed E-state index contributed by atoms with van der Waals surface area (Å²) in [6.45, 7) is 1.77. The number of carbonyl (C=O) groups is 1. The molecule has 1 heterocycles. The Hall–Kier alpha value is -1.39. The molecule has 8 nitrogen and oxygen atoms in total. The lowest BCUT2D eigenvalue weighted by atomic mass is 10.0. The smallest absolute Gasteiger partial charge is 0.220 e. The van der Waals surface area contributed by atoms with Gasteiger partial charge in [-0.25, -0.2) is 4.98 Å². The molecule has 0 aliphatic heterocycles. The number of rotatable bonds is 7. The Morgan fingerprint density at radius 2 is 2.00 bits per heavy atom. The van der Waals surface area contributed by atoms with Gasteiger partial charge in [-0.3, -0.25) is 14.5 Å². The van der Waals surface area contributed by atoms with Crippen LogP contribution < -0.4 is 16.0 Å². The van der Waals surface area contributed by atoms with Gasteiger partial charge in [-0.1, -0.05) is 12.8 Å². The Balaban J connectivity index is 0.00000288. The first-order valence-corrected chi connectivity index (χ1v) is 8.23. The van der Waals surface area contributed by atoms with E-state index in [0.29, 0.717) is 37.9 Å². The van der Waals surface area contributed by atoms with Crippen LogP contribution in [0.3, 0.4) is 0 Å². The molecule has 1 aliphatic rings. The summed E-state index contributed by atoms with van der Waals surface area (Å²) in [7, 11) is 3.56. The molecule has 0 spiro atoms. The third-order valence-corrected chi connectivity index (χ3v) is 4.13. The van der Waals surface area contributed by atoms with Crippen molar-refractivity contribution in [2.24, 2.45) is 18.0 Å². The highest BCUT2D eigenvalue weighted by Gasteiger charge is 2.17. The average Bonchev–Trinajstić information content (AvgIpc) is 3.18. The quantitative estimate of drug-likeness (QED) is 0.248. The van der Waals surface area contributed by atoms with E-state index in [0.717, 1.165) is 5.82 Å². The van der Waals surface area contributed by atoms with Crippen LogP contribution in [-0.2, 0) is 18.4 Å². The predicted octanol–water partition coefficient (Wildman–Crippen LogP) is 0.795. The summed E-state index contributed by atoms with van der Waals surface area (Å²) in [6, 6.07) is 0. The minimum Gasteiger partial charge on any atom is -0.355 e. The molecule has 1 fully saturated rings. The van der Waals surface area contributed by atoms with Crippen molar-refractivity contribution in [1.29, 1.82) is 0 Å². The van der Waals surface area contributed by atoms with Gasteiger partial charge in [-0.2, -0.15) is 5.10 Å². The number of halogens is 1. The average molecular weight is 449 g/mol. The number of aliphatic imine (C=N–C) groups is 1. The van der Waals surface area contributed by atoms with E-state index < -0.39 is 0 Å². The molecule has 1 aromatic heterocycles. The molecule has 0 unspecified atom stereocenters. The number of nitrogens with one attached hydrogen (secondary N) is 3. The van der Waals surface area contributed by atoms with E-state index in [2.05, 4.69) is 31.0 Å². The zero-order chi connectivity index (χ0) is 16.5. The van der Waals surface area contributed by atoms with Crippen LogP contribution in [0.5, 0.6) is 0 Å². The standard InChI is InChI=1S/C15H27N7O.HI/c1-16-15(19-10-13-20-11-21-22(13)2)18-8-7-17-14(23)9-12-5-3-4-6-12;/h11-12H,3-10H2,1-2H3,(H,17,23)(H2,16,18,19);1H. The van der Waals surface area contributed by atoms with Crippen LogP contribution in [0.2, 0.25) is 0 Å². The summed E-state index contributed by atoms with van der Waals surface area (Å²) in [4.78, 5) is 20.1. The van der Waals surface area contributed by atoms with Crippen molar-refractivity contribution >= 4 is 35.8 Å². The number of hydrogen-bond acceptors (Lipinski definition) is 4. The predicted molar refractivity (Wildman–Crippen MR) is 104 cm³/mol. The second-order valence-electron chi connectivity index (χ2n) is 5.86. The van der Waals surface area contributed by atoms with Crippen LogP contribution in [0.15, 0.2) is 11.3 Å². The molecular formula is C15H28IN7O. The second kappa shape index (κ2) is 11.2. The minimum atomic E-state index is 0. The van der Waals surface area contributed by atoms with Gasteiger partial charge in [0.1, 0.15) is 12.2 Å². The molecule has 0 bridgehead atoms. The Morgan fingerprint density at radius 3 is 2.62 bits per heavy atom. The van der Waals surface area contributed by atoms with Gasteiger partial charge in [0.15, 0.2) is 5.96 Å². The van der Waals surface area contributed by atoms with Gasteiger partial charge in [-0.15, -0.1) is 24.0 Å². The molecule has 2 rings (SSSR count). The molecular weight excluding hydrogens is 421 g/mol. The number of amides is 1. The molecule has 136 valence electrons. The zero-order valence-corrected chi connectivity index (χ0v) is 16.7. The van der Waals surface area contributed by atoms with Crippen molar-refractivity contribution in [2.45, 2.75) is 38.6 Å². The summed E-state index contributed by atoms with van der Waals surface area (Å²) in [5, 5.41) is 13.3. The lowest BCUT2D eigenvalue weighted by molar-refractivity contribution is -0.121. The number of aryl methyl sites for hydroxylation is 1. The summed E-state index contributed by atoms with van der Waals surface area (Å²) in [5.41, 5.74) is 0. The van der Waals surface area contributed by atoms with E-state index in [1.54, 1.807) is 11.7 Å². The van der Waals surface area contributed by atoms with Crippen molar-refractivity contribution in [3.63, 3.8) is 0 Å². The van der Waals surface area contributed by atoms with Gasteiger partial charge in [0, 0.05) is 33.6 Å². The maximum absolute atomic E-state index is 11.8. The second-order valence-corrected chi connectivity index (χ2v) is 5.86. The largest absolute Gasteiger partial charge is 0.355 e. The van der Waals surface area contributed by atoms with Gasteiger partial charge in [0.05, 0.1) is 6.54 Å². The van der Waals surface area contributed by atoms with Crippen LogP contribution >= 0.6 is 24.0 Å². The molecule has 9 heteroatoms. The van der Waals surface area contributed by atoms with Crippen molar-refractivity contribution in [3.05, 3.63) is 12.2 Å². The van der Waals surface area contributed by atoms with E-state index in [1.165, 1.54) is 32.0 Å². The van der Waals surface area contributed by atoms with Gasteiger partial charge in [0.2, 0.25) is 5.91 Å². The highest BCUT2D eigenvalue weighted by Crippen LogP contribution is 2.27. The number of aromatic nitrogens is 3. The molecule has 1 aromatic rings. The van der Waals surface area contributed by atoms with Crippen molar-refractivity contribution < 1.29 is 4.79 Å². The maximum atomic E-state index is 11.8. The fourth-order valence-corrected chi connectivity index (χ4v) is 2.80. The van der Waals surface area contributed by atoms with Gasteiger partial charge in [0.25, 0.3) is 0 Å². The van der Waals surface area contributed by atoms with Crippen molar-refractivity contribution in [3.8, 4) is 0 Å². The van der Waals surface area contributed by atoms with Crippen LogP contribution in [0.25, 0.3) is 0 Å². The van der Waals surface area contributed by atoms with Crippen LogP contribution in [0.4, 0.5) is 0 Å². The van der Waals surface area contributed by atoms with Crippen LogP contribution in [0.1, 0.15) is 37.9 Å². The summed E-state index contributed by atoms with van der Waals surface area (Å²) in [6.07, 6.45) is 7.13. The molecule has 1 amide bonds. The Kier molecular flexibility index (Phi) is 9.65. The summed E-state index contributed by atoms with van der Waals surface area (Å²) in [5.74, 6) is 2.25. The van der Waals surface area contributed by atoms with E-state index in [9.17, 15) is 4.79 Å². The number of nitrogens with zero attached hydrogens (tertiary/aromatic N) is 4. The topological polar surface area (TPSA) is 96.2 Å². The lowest BCUT2D eigenvalue weighted by Gasteiger charge is -2.13. The number of hydrogen-bond donors (Lipinski definition) is 3. The van der Waals surface area contributed by atoms with E-state index in [4.69, 9.17) is 0 Å². The molecule has 24 heavy (non-hydrogen) atoms. The van der Waals surface area contributed by atoms with Gasteiger partial charge >= 0.3 is 0 Å². The normalized spacial score (nSPS) is 15.0. The Bertz CT molecular complexity index is 526. The fraction of sp³-hybridized carbons (Fsp3) is 0.733. The molecule has 0 saturated heterocycles. The Labute approximate surface area is 160 Å². The monoisotopic (exact) mass is 449 g/mol. The summed E-state index contributed by atoms with van der Waals surface area (Å²) < 4.78 is 1.71. The van der Waals surface area contributed by atoms with Crippen molar-refractivity contribution in [1.82, 2.24) is 30.7 Å². The first kappa shape index (κ1) is 20.7. The number of guanidine groups is 1. The van der Waals surface area contributed by atoms with E-state index in [-0.39, 0.29) is 29.9 Å². The first-order chi connectivity index (χ1) is 11.2. The minimum absolute atomic E-state index is 0. The molecule has 1 saturated carbocycles. The van der Waals surface area contributed by atoms with E-state index >= 15 is 0 Å². The van der Waals surface area contributed by atoms with Crippen LogP contribution in [-0.4, -0.2) is 46.8 Å². The fourth-order valence-electron chi connectivity index (χ4n) is 2.80. The highest BCUT2D eigenvalue weighted by molar-refractivity contribution is 14.0. The SMILES string of the molecule is CN=C(NCCNC(=O)CC1CCCC1)NCc1ncnn1C.I. The highest BCUT2D eigenvalue weighted by atomic mass is 127. The first-order valence-electron chi connectivity index (χ1n) is 8.23. The molecule has 0 radical (unpaired) electrons. The molecule has 0 aromatic carbocycles. The third kappa shape index (κ3) is 7.02. The van der Waals surface area contributed by atoms with Crippen LogP contribution in [0, 0.1) is 5.92 Å². The molecule has 0 atom stereocenters. The van der Waals surface area contributed by atoms with Crippen molar-refractivity contribution in [2.75, 3.05) is 20.1 Å². The molecule has 3 N–H and O–H groups in total.